The summed E-state index contributed by atoms with van der Waals surface area (Å²) in [6.45, 7) is 3.29. The summed E-state index contributed by atoms with van der Waals surface area (Å²) in [5, 5.41) is 8.96. The van der Waals surface area contributed by atoms with Gasteiger partial charge in [0.25, 0.3) is 0 Å². The first-order valence-electron chi connectivity index (χ1n) is 5.26. The van der Waals surface area contributed by atoms with E-state index in [2.05, 4.69) is 0 Å². The molecule has 1 N–H and O–H groups in total. The number of carbonyl (C=O) groups excluding carboxylic acids is 1. The van der Waals surface area contributed by atoms with Gasteiger partial charge in [-0.3, -0.25) is 4.79 Å². The molecule has 4 nitrogen and oxygen atoms in total. The molecule has 0 bridgehead atoms. The predicted octanol–water partition coefficient (Wildman–Crippen LogP) is -0.136. The molecular formula is C10H17NO3. The monoisotopic (exact) mass is 199 g/mol. The third kappa shape index (κ3) is 2.07. The average Bonchev–Trinajstić information content (AvgIpc) is 2.78. The van der Waals surface area contributed by atoms with Gasteiger partial charge in [0.15, 0.2) is 0 Å². The zero-order valence-electron chi connectivity index (χ0n) is 8.32. The fraction of sp³-hybridized carbons (Fsp3) is 0.900. The third-order valence-corrected chi connectivity index (χ3v) is 3.06. The highest BCUT2D eigenvalue weighted by atomic mass is 16.5. The van der Waals surface area contributed by atoms with Gasteiger partial charge in [0.2, 0.25) is 5.91 Å². The minimum atomic E-state index is 0.128. The summed E-state index contributed by atoms with van der Waals surface area (Å²) in [4.78, 5) is 13.4. The number of rotatable bonds is 3. The number of likely N-dealkylation sites (tertiary alicyclic amines) is 1. The van der Waals surface area contributed by atoms with Crippen molar-refractivity contribution >= 4 is 5.91 Å². The maximum atomic E-state index is 11.5. The molecule has 80 valence electrons. The van der Waals surface area contributed by atoms with Crippen molar-refractivity contribution in [3.63, 3.8) is 0 Å². The van der Waals surface area contributed by atoms with Gasteiger partial charge in [0, 0.05) is 44.6 Å². The lowest BCUT2D eigenvalue weighted by Gasteiger charge is -2.19. The number of hydrogen-bond donors (Lipinski definition) is 1. The molecule has 2 rings (SSSR count). The van der Waals surface area contributed by atoms with Crippen molar-refractivity contribution in [2.75, 3.05) is 32.9 Å². The normalized spacial score (nSPS) is 32.9. The van der Waals surface area contributed by atoms with Crippen LogP contribution < -0.4 is 0 Å². The second kappa shape index (κ2) is 4.28. The Hall–Kier alpha value is -0.610. The maximum absolute atomic E-state index is 11.5. The van der Waals surface area contributed by atoms with Crippen LogP contribution in [0.4, 0.5) is 0 Å². The van der Waals surface area contributed by atoms with Crippen LogP contribution in [0.3, 0.4) is 0 Å². The molecule has 2 aliphatic heterocycles. The fourth-order valence-electron chi connectivity index (χ4n) is 2.19. The molecule has 2 unspecified atom stereocenters. The van der Waals surface area contributed by atoms with Crippen LogP contribution in [0.15, 0.2) is 0 Å². The quantitative estimate of drug-likeness (QED) is 0.688. The lowest BCUT2D eigenvalue weighted by Crippen LogP contribution is -2.31. The molecule has 2 aliphatic rings. The van der Waals surface area contributed by atoms with Gasteiger partial charge in [-0.1, -0.05) is 0 Å². The Morgan fingerprint density at radius 3 is 2.93 bits per heavy atom. The zero-order valence-corrected chi connectivity index (χ0v) is 8.32. The summed E-state index contributed by atoms with van der Waals surface area (Å²) < 4.78 is 5.27. The number of amides is 1. The van der Waals surface area contributed by atoms with Crippen molar-refractivity contribution in [1.29, 1.82) is 0 Å². The molecule has 1 amide bonds. The predicted molar refractivity (Wildman–Crippen MR) is 50.7 cm³/mol. The van der Waals surface area contributed by atoms with Gasteiger partial charge in [-0.2, -0.15) is 0 Å². The number of hydrogen-bond acceptors (Lipinski definition) is 3. The molecule has 14 heavy (non-hydrogen) atoms. The average molecular weight is 199 g/mol. The van der Waals surface area contributed by atoms with Crippen LogP contribution in [0.5, 0.6) is 0 Å². The van der Waals surface area contributed by atoms with Crippen LogP contribution in [0.2, 0.25) is 0 Å². The number of carbonyl (C=O) groups is 1. The van der Waals surface area contributed by atoms with E-state index >= 15 is 0 Å². The van der Waals surface area contributed by atoms with Crippen molar-refractivity contribution in [2.24, 2.45) is 11.8 Å². The minimum absolute atomic E-state index is 0.128. The Morgan fingerprint density at radius 2 is 2.36 bits per heavy atom. The van der Waals surface area contributed by atoms with Gasteiger partial charge in [-0.05, 0) is 6.42 Å². The molecule has 0 spiro atoms. The fourth-order valence-corrected chi connectivity index (χ4v) is 2.19. The summed E-state index contributed by atoms with van der Waals surface area (Å²) in [6, 6.07) is 0. The van der Waals surface area contributed by atoms with Crippen molar-refractivity contribution in [2.45, 2.75) is 12.8 Å². The van der Waals surface area contributed by atoms with E-state index in [0.717, 1.165) is 32.7 Å². The highest BCUT2D eigenvalue weighted by Crippen LogP contribution is 2.21. The summed E-state index contributed by atoms with van der Waals surface area (Å²) in [5.41, 5.74) is 0. The van der Waals surface area contributed by atoms with Gasteiger partial charge in [0.05, 0.1) is 6.61 Å². The second-order valence-corrected chi connectivity index (χ2v) is 4.28. The molecule has 0 aromatic heterocycles. The molecule has 0 saturated carbocycles. The van der Waals surface area contributed by atoms with Crippen LogP contribution >= 0.6 is 0 Å². The van der Waals surface area contributed by atoms with Gasteiger partial charge < -0.3 is 14.7 Å². The summed E-state index contributed by atoms with van der Waals surface area (Å²) in [6.07, 6.45) is 1.58. The third-order valence-electron chi connectivity index (χ3n) is 3.06. The summed E-state index contributed by atoms with van der Waals surface area (Å²) in [7, 11) is 0. The maximum Gasteiger partial charge on any atom is 0.223 e. The number of aliphatic hydroxyl groups is 1. The summed E-state index contributed by atoms with van der Waals surface area (Å²) >= 11 is 0. The molecule has 2 heterocycles. The molecule has 0 aromatic rings. The Morgan fingerprint density at radius 1 is 1.50 bits per heavy atom. The van der Waals surface area contributed by atoms with Gasteiger partial charge in [-0.25, -0.2) is 0 Å². The Bertz CT molecular complexity index is 213. The van der Waals surface area contributed by atoms with Gasteiger partial charge in [0.1, 0.15) is 0 Å². The van der Waals surface area contributed by atoms with Crippen LogP contribution in [0.1, 0.15) is 12.8 Å². The first-order chi connectivity index (χ1) is 6.79. The minimum Gasteiger partial charge on any atom is -0.396 e. The van der Waals surface area contributed by atoms with Crippen molar-refractivity contribution in [1.82, 2.24) is 4.90 Å². The first-order valence-corrected chi connectivity index (χ1v) is 5.26. The van der Waals surface area contributed by atoms with E-state index in [1.54, 1.807) is 0 Å². The van der Waals surface area contributed by atoms with Gasteiger partial charge >= 0.3 is 0 Å². The second-order valence-electron chi connectivity index (χ2n) is 4.28. The standard InChI is InChI=1S/C10H17NO3/c12-6-9-3-10(13)11(5-9)4-8-1-2-14-7-8/h8-9,12H,1-7H2. The van der Waals surface area contributed by atoms with E-state index < -0.39 is 0 Å². The van der Waals surface area contributed by atoms with Crippen LogP contribution in [0, 0.1) is 11.8 Å². The van der Waals surface area contributed by atoms with E-state index in [1.165, 1.54) is 0 Å². The molecule has 4 heteroatoms. The van der Waals surface area contributed by atoms with Gasteiger partial charge in [-0.15, -0.1) is 0 Å². The topological polar surface area (TPSA) is 49.8 Å². The Balaban J connectivity index is 1.82. The van der Waals surface area contributed by atoms with Crippen LogP contribution in [0.25, 0.3) is 0 Å². The molecule has 2 fully saturated rings. The van der Waals surface area contributed by atoms with Crippen LogP contribution in [-0.2, 0) is 9.53 Å². The molecule has 0 aromatic carbocycles. The lowest BCUT2D eigenvalue weighted by atomic mass is 10.1. The largest absolute Gasteiger partial charge is 0.396 e. The highest BCUT2D eigenvalue weighted by molar-refractivity contribution is 5.78. The van der Waals surface area contributed by atoms with E-state index in [9.17, 15) is 4.79 Å². The van der Waals surface area contributed by atoms with E-state index in [4.69, 9.17) is 9.84 Å². The SMILES string of the molecule is O=C1CC(CO)CN1CC1CCOC1. The first kappa shape index (κ1) is 9.93. The smallest absolute Gasteiger partial charge is 0.223 e. The zero-order chi connectivity index (χ0) is 9.97. The molecule has 0 aliphatic carbocycles. The molecule has 2 saturated heterocycles. The van der Waals surface area contributed by atoms with E-state index in [-0.39, 0.29) is 18.4 Å². The molecule has 0 radical (unpaired) electrons. The van der Waals surface area contributed by atoms with Crippen LogP contribution in [-0.4, -0.2) is 48.8 Å². The number of aliphatic hydroxyl groups excluding tert-OH is 1. The number of nitrogens with zero attached hydrogens (tertiary/aromatic N) is 1. The van der Waals surface area contributed by atoms with Crippen molar-refractivity contribution in [3.8, 4) is 0 Å². The summed E-state index contributed by atoms with van der Waals surface area (Å²) in [5.74, 6) is 0.858. The van der Waals surface area contributed by atoms with Crippen molar-refractivity contribution in [3.05, 3.63) is 0 Å². The van der Waals surface area contributed by atoms with E-state index in [1.807, 2.05) is 4.90 Å². The van der Waals surface area contributed by atoms with E-state index in [0.29, 0.717) is 12.3 Å². The number of ether oxygens (including phenoxy) is 1. The molecule has 2 atom stereocenters. The lowest BCUT2D eigenvalue weighted by molar-refractivity contribution is -0.128. The highest BCUT2D eigenvalue weighted by Gasteiger charge is 2.31. The molecular weight excluding hydrogens is 182 g/mol. The van der Waals surface area contributed by atoms with Crippen molar-refractivity contribution < 1.29 is 14.6 Å². The Kier molecular flexibility index (Phi) is 3.03. The Labute approximate surface area is 83.8 Å².